The van der Waals surface area contributed by atoms with Crippen LogP contribution in [0.2, 0.25) is 0 Å². The molecular weight excluding hydrogens is 350 g/mol. The van der Waals surface area contributed by atoms with Crippen LogP contribution in [0.1, 0.15) is 16.1 Å². The summed E-state index contributed by atoms with van der Waals surface area (Å²) in [5, 5.41) is 2.68. The van der Waals surface area contributed by atoms with Crippen LogP contribution in [0.15, 0.2) is 41.0 Å². The van der Waals surface area contributed by atoms with E-state index in [1.165, 1.54) is 0 Å². The lowest BCUT2D eigenvalue weighted by atomic mass is 10.2. The van der Waals surface area contributed by atoms with Crippen molar-refractivity contribution in [1.29, 1.82) is 0 Å². The van der Waals surface area contributed by atoms with E-state index in [2.05, 4.69) is 10.2 Å². The molecule has 2 aliphatic heterocycles. The third-order valence-corrected chi connectivity index (χ3v) is 4.72. The minimum atomic E-state index is -0.307. The maximum atomic E-state index is 12.4. The molecule has 0 unspecified atom stereocenters. The number of piperazine rings is 1. The summed E-state index contributed by atoms with van der Waals surface area (Å²) in [6.07, 6.45) is 1.66. The fraction of sp³-hybridized carbons (Fsp3) is 0.368. The summed E-state index contributed by atoms with van der Waals surface area (Å²) in [7, 11) is 0. The highest BCUT2D eigenvalue weighted by Crippen LogP contribution is 2.32. The fourth-order valence-electron chi connectivity index (χ4n) is 3.19. The molecule has 8 nitrogen and oxygen atoms in total. The second-order valence-corrected chi connectivity index (χ2v) is 6.49. The molecule has 2 amide bonds. The smallest absolute Gasteiger partial charge is 0.251 e. The van der Waals surface area contributed by atoms with Gasteiger partial charge < -0.3 is 24.1 Å². The van der Waals surface area contributed by atoms with Crippen molar-refractivity contribution in [3.63, 3.8) is 0 Å². The molecule has 27 heavy (non-hydrogen) atoms. The predicted molar refractivity (Wildman–Crippen MR) is 95.5 cm³/mol. The van der Waals surface area contributed by atoms with Gasteiger partial charge in [0.05, 0.1) is 19.4 Å². The van der Waals surface area contributed by atoms with Gasteiger partial charge in [-0.05, 0) is 30.3 Å². The van der Waals surface area contributed by atoms with Crippen molar-refractivity contribution in [2.75, 3.05) is 39.5 Å². The number of carbonyl (C=O) groups excluding carboxylic acids is 2. The van der Waals surface area contributed by atoms with Crippen LogP contribution in [-0.2, 0) is 11.3 Å². The minimum absolute atomic E-state index is 0.0224. The monoisotopic (exact) mass is 371 g/mol. The van der Waals surface area contributed by atoms with Crippen LogP contribution in [0.5, 0.6) is 11.5 Å². The molecule has 2 aromatic rings. The number of furan rings is 1. The van der Waals surface area contributed by atoms with E-state index in [9.17, 15) is 9.59 Å². The molecule has 0 radical (unpaired) electrons. The number of carbonyl (C=O) groups is 2. The summed E-state index contributed by atoms with van der Waals surface area (Å²) >= 11 is 0. The standard InChI is InChI=1S/C19H21N3O5/c23-18(22-7-5-21(6-8-22)12-15-2-1-9-25-15)11-20-19(24)14-3-4-16-17(10-14)27-13-26-16/h1-4,9-10H,5-8,11-13H2,(H,20,24). The highest BCUT2D eigenvalue weighted by Gasteiger charge is 2.22. The van der Waals surface area contributed by atoms with Crippen molar-refractivity contribution < 1.29 is 23.5 Å². The molecular formula is C19H21N3O5. The predicted octanol–water partition coefficient (Wildman–Crippen LogP) is 1.08. The Bertz CT molecular complexity index is 813. The number of rotatable bonds is 5. The molecule has 1 fully saturated rings. The minimum Gasteiger partial charge on any atom is -0.468 e. The fourth-order valence-corrected chi connectivity index (χ4v) is 3.19. The molecule has 2 aliphatic rings. The molecule has 3 heterocycles. The number of nitrogens with zero attached hydrogens (tertiary/aromatic N) is 2. The zero-order chi connectivity index (χ0) is 18.6. The van der Waals surface area contributed by atoms with Crippen LogP contribution in [0.3, 0.4) is 0 Å². The maximum absolute atomic E-state index is 12.4. The Hall–Kier alpha value is -3.00. The topological polar surface area (TPSA) is 84.3 Å². The Morgan fingerprint density at radius 3 is 2.63 bits per heavy atom. The first-order chi connectivity index (χ1) is 13.2. The van der Waals surface area contributed by atoms with Gasteiger partial charge in [0.15, 0.2) is 11.5 Å². The van der Waals surface area contributed by atoms with Gasteiger partial charge in [0.2, 0.25) is 12.7 Å². The van der Waals surface area contributed by atoms with Crippen LogP contribution in [0.25, 0.3) is 0 Å². The maximum Gasteiger partial charge on any atom is 0.251 e. The van der Waals surface area contributed by atoms with Crippen molar-refractivity contribution in [2.24, 2.45) is 0 Å². The van der Waals surface area contributed by atoms with Gasteiger partial charge in [-0.25, -0.2) is 0 Å². The summed E-state index contributed by atoms with van der Waals surface area (Å²) in [6, 6.07) is 8.79. The lowest BCUT2D eigenvalue weighted by Crippen LogP contribution is -2.50. The number of hydrogen-bond donors (Lipinski definition) is 1. The van der Waals surface area contributed by atoms with Crippen molar-refractivity contribution in [1.82, 2.24) is 15.1 Å². The highest BCUT2D eigenvalue weighted by atomic mass is 16.7. The zero-order valence-corrected chi connectivity index (χ0v) is 14.8. The lowest BCUT2D eigenvalue weighted by Gasteiger charge is -2.34. The first-order valence-electron chi connectivity index (χ1n) is 8.89. The molecule has 1 saturated heterocycles. The largest absolute Gasteiger partial charge is 0.468 e. The Morgan fingerprint density at radius 2 is 1.85 bits per heavy atom. The second-order valence-electron chi connectivity index (χ2n) is 6.49. The van der Waals surface area contributed by atoms with E-state index < -0.39 is 0 Å². The quantitative estimate of drug-likeness (QED) is 0.847. The van der Waals surface area contributed by atoms with Gasteiger partial charge in [0.25, 0.3) is 5.91 Å². The Kier molecular flexibility index (Phi) is 4.97. The molecule has 0 saturated carbocycles. The third kappa shape index (κ3) is 4.06. The van der Waals surface area contributed by atoms with Crippen LogP contribution in [0, 0.1) is 0 Å². The molecule has 0 spiro atoms. The number of nitrogens with one attached hydrogen (secondary N) is 1. The number of hydrogen-bond acceptors (Lipinski definition) is 6. The van der Waals surface area contributed by atoms with Crippen molar-refractivity contribution in [3.8, 4) is 11.5 Å². The van der Waals surface area contributed by atoms with Crippen LogP contribution in [-0.4, -0.2) is 61.1 Å². The molecule has 1 aromatic carbocycles. The van der Waals surface area contributed by atoms with Crippen LogP contribution in [0.4, 0.5) is 0 Å². The Labute approximate surface area is 156 Å². The number of amides is 2. The van der Waals surface area contributed by atoms with Gasteiger partial charge in [-0.1, -0.05) is 0 Å². The normalized spacial score (nSPS) is 16.4. The van der Waals surface area contributed by atoms with Crippen molar-refractivity contribution in [2.45, 2.75) is 6.54 Å². The Morgan fingerprint density at radius 1 is 1.04 bits per heavy atom. The zero-order valence-electron chi connectivity index (χ0n) is 14.8. The summed E-state index contributed by atoms with van der Waals surface area (Å²) in [5.41, 5.74) is 0.440. The summed E-state index contributed by atoms with van der Waals surface area (Å²) in [6.45, 7) is 3.72. The molecule has 8 heteroatoms. The molecule has 1 N–H and O–H groups in total. The second kappa shape index (κ2) is 7.71. The number of ether oxygens (including phenoxy) is 2. The van der Waals surface area contributed by atoms with Gasteiger partial charge in [0, 0.05) is 31.7 Å². The van der Waals surface area contributed by atoms with Crippen molar-refractivity contribution in [3.05, 3.63) is 47.9 Å². The lowest BCUT2D eigenvalue weighted by molar-refractivity contribution is -0.131. The molecule has 4 rings (SSSR count). The van der Waals surface area contributed by atoms with E-state index in [4.69, 9.17) is 13.9 Å². The average Bonchev–Trinajstić information content (AvgIpc) is 3.37. The van der Waals surface area contributed by atoms with E-state index in [1.54, 1.807) is 29.4 Å². The highest BCUT2D eigenvalue weighted by molar-refractivity contribution is 5.97. The molecule has 1 aromatic heterocycles. The molecule has 0 bridgehead atoms. The summed E-state index contributed by atoms with van der Waals surface area (Å²) in [5.74, 6) is 1.70. The first kappa shape index (κ1) is 17.4. The molecule has 0 aliphatic carbocycles. The molecule has 142 valence electrons. The first-order valence-corrected chi connectivity index (χ1v) is 8.89. The van der Waals surface area contributed by atoms with E-state index in [-0.39, 0.29) is 25.2 Å². The van der Waals surface area contributed by atoms with E-state index in [0.717, 1.165) is 25.4 Å². The average molecular weight is 371 g/mol. The summed E-state index contributed by atoms with van der Waals surface area (Å²) in [4.78, 5) is 28.7. The van der Waals surface area contributed by atoms with Gasteiger partial charge in [-0.2, -0.15) is 0 Å². The van der Waals surface area contributed by atoms with Gasteiger partial charge in [-0.15, -0.1) is 0 Å². The van der Waals surface area contributed by atoms with Gasteiger partial charge in [0.1, 0.15) is 5.76 Å². The van der Waals surface area contributed by atoms with E-state index in [0.29, 0.717) is 30.2 Å². The summed E-state index contributed by atoms with van der Waals surface area (Å²) < 4.78 is 15.9. The van der Waals surface area contributed by atoms with Gasteiger partial charge in [-0.3, -0.25) is 14.5 Å². The van der Waals surface area contributed by atoms with Crippen LogP contribution < -0.4 is 14.8 Å². The van der Waals surface area contributed by atoms with Gasteiger partial charge >= 0.3 is 0 Å². The van der Waals surface area contributed by atoms with Crippen LogP contribution >= 0.6 is 0 Å². The van der Waals surface area contributed by atoms with E-state index >= 15 is 0 Å². The third-order valence-electron chi connectivity index (χ3n) is 4.72. The number of fused-ring (bicyclic) bond motifs is 1. The van der Waals surface area contributed by atoms with Crippen molar-refractivity contribution >= 4 is 11.8 Å². The SMILES string of the molecule is O=C(NCC(=O)N1CCN(Cc2ccco2)CC1)c1ccc2c(c1)OCO2. The van der Waals surface area contributed by atoms with E-state index in [1.807, 2.05) is 12.1 Å². The Balaban J connectivity index is 1.23. The molecule has 0 atom stereocenters. The number of benzene rings is 1.